The Morgan fingerprint density at radius 2 is 0.968 bits per heavy atom. The molecule has 10 aromatic carbocycles. The van der Waals surface area contributed by atoms with Crippen LogP contribution in [0.5, 0.6) is 0 Å². The van der Waals surface area contributed by atoms with E-state index in [0.717, 1.165) is 55.7 Å². The fraction of sp³-hybridized carbons (Fsp3) is 0.0333. The van der Waals surface area contributed by atoms with Crippen molar-refractivity contribution in [2.24, 2.45) is 0 Å². The highest BCUT2D eigenvalue weighted by molar-refractivity contribution is 7.99. The van der Waals surface area contributed by atoms with Crippen LogP contribution < -0.4 is 4.90 Å². The predicted molar refractivity (Wildman–Crippen MR) is 266 cm³/mol. The zero-order valence-corrected chi connectivity index (χ0v) is 35.5. The van der Waals surface area contributed by atoms with Crippen molar-refractivity contribution in [1.82, 2.24) is 0 Å². The van der Waals surface area contributed by atoms with E-state index >= 15 is 0 Å². The van der Waals surface area contributed by atoms with Crippen molar-refractivity contribution < 1.29 is 4.42 Å². The molecule has 0 N–H and O–H groups in total. The van der Waals surface area contributed by atoms with Gasteiger partial charge in [0.2, 0.25) is 0 Å². The molecule has 0 radical (unpaired) electrons. The molecular formula is C60H41NOS. The van der Waals surface area contributed by atoms with Gasteiger partial charge in [-0.2, -0.15) is 0 Å². The van der Waals surface area contributed by atoms with E-state index < -0.39 is 0 Å². The van der Waals surface area contributed by atoms with Crippen molar-refractivity contribution >= 4 is 61.5 Å². The lowest BCUT2D eigenvalue weighted by Gasteiger charge is -2.31. The monoisotopic (exact) mass is 823 g/mol. The molecule has 0 saturated carbocycles. The second-order valence-corrected chi connectivity index (χ2v) is 17.4. The minimum absolute atomic E-state index is 0.305. The Morgan fingerprint density at radius 1 is 0.413 bits per heavy atom. The maximum absolute atomic E-state index is 6.47. The summed E-state index contributed by atoms with van der Waals surface area (Å²) in [5.74, 6) is 0.305. The molecule has 1 aliphatic heterocycles. The normalized spacial score (nSPS) is 13.3. The summed E-state index contributed by atoms with van der Waals surface area (Å²) in [5, 5.41) is 4.67. The molecule has 0 saturated heterocycles. The minimum Gasteiger partial charge on any atom is -0.456 e. The lowest BCUT2D eigenvalue weighted by atomic mass is 9.89. The molecule has 3 heteroatoms. The summed E-state index contributed by atoms with van der Waals surface area (Å²) in [6, 6.07) is 81.6. The molecule has 0 spiro atoms. The lowest BCUT2D eigenvalue weighted by molar-refractivity contribution is 0.669. The van der Waals surface area contributed by atoms with Crippen molar-refractivity contribution in [1.29, 1.82) is 0 Å². The summed E-state index contributed by atoms with van der Waals surface area (Å²) in [6.45, 7) is 2.34. The molecular weight excluding hydrogens is 783 g/mol. The van der Waals surface area contributed by atoms with E-state index in [2.05, 4.69) is 230 Å². The third kappa shape index (κ3) is 6.27. The number of rotatable bonds is 7. The molecule has 0 aliphatic carbocycles. The average Bonchev–Trinajstić information content (AvgIpc) is 3.74. The fourth-order valence-corrected chi connectivity index (χ4v) is 11.3. The Morgan fingerprint density at radius 3 is 1.78 bits per heavy atom. The van der Waals surface area contributed by atoms with Crippen molar-refractivity contribution in [3.8, 4) is 44.5 Å². The molecule has 0 bridgehead atoms. The van der Waals surface area contributed by atoms with Crippen LogP contribution in [0.3, 0.4) is 0 Å². The standard InChI is InChI=1S/C60H41NOS/c1-39-44-24-8-12-37-57(44)63-60-45(39)28-16-30-47(60)42-22-13-23-43(38-42)61(54-34-10-6-26-49(54)51-32-17-36-56-59(51)52-27-7-11-35-55(52)62-56)53-33-9-5-25-48(53)50-31-15-21-41-20-14-29-46(58(41)50)40-18-3-2-4-19-40/h2-39H,1H3/t39-/m1/s1. The summed E-state index contributed by atoms with van der Waals surface area (Å²) in [7, 11) is 0. The van der Waals surface area contributed by atoms with E-state index in [-0.39, 0.29) is 0 Å². The Bertz CT molecular complexity index is 3520. The SMILES string of the molecule is C[C@@H]1c2ccccc2Sc2c(-c3cccc(N(c4ccccc4-c4cccc5cccc(-c6ccccc6)c45)c4ccccc4-c4cccc5oc6ccccc6c45)c3)cccc21. The predicted octanol–water partition coefficient (Wildman–Crippen LogP) is 17.5. The van der Waals surface area contributed by atoms with Crippen LogP contribution in [0.15, 0.2) is 239 Å². The van der Waals surface area contributed by atoms with Crippen molar-refractivity contribution in [2.75, 3.05) is 4.90 Å². The first-order chi connectivity index (χ1) is 31.2. The van der Waals surface area contributed by atoms with Gasteiger partial charge in [0, 0.05) is 43.3 Å². The summed E-state index contributed by atoms with van der Waals surface area (Å²) in [6.07, 6.45) is 0. The molecule has 298 valence electrons. The highest BCUT2D eigenvalue weighted by atomic mass is 32.2. The molecule has 1 atom stereocenters. The largest absolute Gasteiger partial charge is 0.456 e. The molecule has 1 aliphatic rings. The number of hydrogen-bond acceptors (Lipinski definition) is 3. The Hall–Kier alpha value is -7.59. The van der Waals surface area contributed by atoms with Crippen LogP contribution in [-0.4, -0.2) is 0 Å². The summed E-state index contributed by atoms with van der Waals surface area (Å²) in [5.41, 5.74) is 17.2. The number of hydrogen-bond donors (Lipinski definition) is 0. The number of anilines is 3. The van der Waals surface area contributed by atoms with Gasteiger partial charge in [-0.15, -0.1) is 0 Å². The molecule has 12 rings (SSSR count). The van der Waals surface area contributed by atoms with Gasteiger partial charge in [0.1, 0.15) is 11.2 Å². The van der Waals surface area contributed by atoms with Crippen molar-refractivity contribution in [3.05, 3.63) is 236 Å². The van der Waals surface area contributed by atoms with Crippen LogP contribution in [0.2, 0.25) is 0 Å². The van der Waals surface area contributed by atoms with E-state index in [9.17, 15) is 0 Å². The van der Waals surface area contributed by atoms with E-state index in [1.54, 1.807) is 0 Å². The number of para-hydroxylation sites is 3. The maximum Gasteiger partial charge on any atom is 0.136 e. The van der Waals surface area contributed by atoms with Crippen LogP contribution in [0, 0.1) is 0 Å². The van der Waals surface area contributed by atoms with E-state index in [1.165, 1.54) is 59.5 Å². The Labute approximate surface area is 371 Å². The fourth-order valence-electron chi connectivity index (χ4n) is 9.88. The topological polar surface area (TPSA) is 16.4 Å². The molecule has 63 heavy (non-hydrogen) atoms. The number of nitrogens with zero attached hydrogens (tertiary/aromatic N) is 1. The van der Waals surface area contributed by atoms with Crippen molar-refractivity contribution in [3.63, 3.8) is 0 Å². The van der Waals surface area contributed by atoms with Gasteiger partial charge < -0.3 is 9.32 Å². The Balaban J connectivity index is 1.11. The maximum atomic E-state index is 6.47. The quantitative estimate of drug-likeness (QED) is 0.159. The van der Waals surface area contributed by atoms with E-state index in [1.807, 2.05) is 17.8 Å². The van der Waals surface area contributed by atoms with Crippen LogP contribution in [0.4, 0.5) is 17.1 Å². The molecule has 2 nitrogen and oxygen atoms in total. The van der Waals surface area contributed by atoms with Gasteiger partial charge in [-0.25, -0.2) is 0 Å². The van der Waals surface area contributed by atoms with E-state index in [0.29, 0.717) is 5.92 Å². The third-order valence-corrected chi connectivity index (χ3v) is 14.0. The second-order valence-electron chi connectivity index (χ2n) is 16.4. The summed E-state index contributed by atoms with van der Waals surface area (Å²) < 4.78 is 6.47. The van der Waals surface area contributed by atoms with Gasteiger partial charge in [-0.3, -0.25) is 0 Å². The minimum atomic E-state index is 0.305. The third-order valence-electron chi connectivity index (χ3n) is 12.8. The number of furan rings is 1. The first kappa shape index (κ1) is 37.2. The van der Waals surface area contributed by atoms with Crippen LogP contribution in [0.25, 0.3) is 77.2 Å². The van der Waals surface area contributed by atoms with Gasteiger partial charge >= 0.3 is 0 Å². The molecule has 11 aromatic rings. The van der Waals surface area contributed by atoms with Gasteiger partial charge in [0.15, 0.2) is 0 Å². The van der Waals surface area contributed by atoms with Crippen LogP contribution >= 0.6 is 11.8 Å². The zero-order valence-electron chi connectivity index (χ0n) is 34.7. The van der Waals surface area contributed by atoms with E-state index in [4.69, 9.17) is 4.42 Å². The molecule has 0 amide bonds. The number of fused-ring (bicyclic) bond motifs is 6. The highest BCUT2D eigenvalue weighted by Gasteiger charge is 2.27. The van der Waals surface area contributed by atoms with Gasteiger partial charge in [-0.1, -0.05) is 201 Å². The summed E-state index contributed by atoms with van der Waals surface area (Å²) in [4.78, 5) is 5.15. The van der Waals surface area contributed by atoms with Crippen LogP contribution in [0.1, 0.15) is 24.0 Å². The molecule has 1 aromatic heterocycles. The average molecular weight is 824 g/mol. The van der Waals surface area contributed by atoms with Crippen LogP contribution in [-0.2, 0) is 0 Å². The van der Waals surface area contributed by atoms with Gasteiger partial charge in [-0.05, 0) is 97.7 Å². The van der Waals surface area contributed by atoms with Gasteiger partial charge in [0.05, 0.1) is 11.4 Å². The van der Waals surface area contributed by atoms with Crippen molar-refractivity contribution in [2.45, 2.75) is 22.6 Å². The Kier molecular flexibility index (Phi) is 9.09. The van der Waals surface area contributed by atoms with Gasteiger partial charge in [0.25, 0.3) is 0 Å². The molecule has 2 heterocycles. The first-order valence-corrected chi connectivity index (χ1v) is 22.5. The second kappa shape index (κ2) is 15.4. The zero-order chi connectivity index (χ0) is 41.9. The first-order valence-electron chi connectivity index (χ1n) is 21.7. The lowest BCUT2D eigenvalue weighted by Crippen LogP contribution is -2.13. The molecule has 0 unspecified atom stereocenters. The number of benzene rings is 10. The molecule has 0 fully saturated rings. The smallest absolute Gasteiger partial charge is 0.136 e. The highest BCUT2D eigenvalue weighted by Crippen LogP contribution is 2.52. The summed E-state index contributed by atoms with van der Waals surface area (Å²) >= 11 is 1.90.